The van der Waals surface area contributed by atoms with Gasteiger partial charge in [-0.2, -0.15) is 0 Å². The number of hydrogen-bond acceptors (Lipinski definition) is 6. The van der Waals surface area contributed by atoms with E-state index in [1.807, 2.05) is 18.2 Å². The smallest absolute Gasteiger partial charge is 0.341 e. The van der Waals surface area contributed by atoms with E-state index in [9.17, 15) is 14.0 Å². The van der Waals surface area contributed by atoms with Gasteiger partial charge in [-0.25, -0.2) is 14.2 Å². The summed E-state index contributed by atoms with van der Waals surface area (Å²) in [6.45, 7) is 1.31. The van der Waals surface area contributed by atoms with E-state index in [4.69, 9.17) is 9.47 Å². The second kappa shape index (κ2) is 8.62. The van der Waals surface area contributed by atoms with Crippen LogP contribution in [-0.4, -0.2) is 24.0 Å². The number of nitrogens with zero attached hydrogens (tertiary/aromatic N) is 2. The first kappa shape index (κ1) is 19.5. The van der Waals surface area contributed by atoms with Gasteiger partial charge in [-0.3, -0.25) is 9.69 Å². The Morgan fingerprint density at radius 1 is 1.18 bits per heavy atom. The first-order chi connectivity index (χ1) is 13.5. The highest BCUT2D eigenvalue weighted by atomic mass is 32.1. The summed E-state index contributed by atoms with van der Waals surface area (Å²) >= 11 is 1.25. The summed E-state index contributed by atoms with van der Waals surface area (Å²) in [5, 5.41) is 2.15. The Bertz CT molecular complexity index is 991. The highest BCUT2D eigenvalue weighted by Crippen LogP contribution is 2.29. The Hall–Kier alpha value is -3.26. The van der Waals surface area contributed by atoms with Crippen molar-refractivity contribution in [2.75, 3.05) is 12.0 Å². The summed E-state index contributed by atoms with van der Waals surface area (Å²) in [5.74, 6) is -1.41. The summed E-state index contributed by atoms with van der Waals surface area (Å²) in [5.41, 5.74) is 0.962. The number of anilines is 2. The minimum atomic E-state index is -0.804. The molecule has 0 fully saturated rings. The number of benzene rings is 2. The molecule has 6 nitrogen and oxygen atoms in total. The summed E-state index contributed by atoms with van der Waals surface area (Å²) in [4.78, 5) is 30.0. The van der Waals surface area contributed by atoms with Crippen molar-refractivity contribution in [1.29, 1.82) is 0 Å². The fourth-order valence-electron chi connectivity index (χ4n) is 2.47. The van der Waals surface area contributed by atoms with Gasteiger partial charge in [0, 0.05) is 18.4 Å². The molecule has 0 aliphatic heterocycles. The number of carbonyl (C=O) groups is 2. The van der Waals surface area contributed by atoms with E-state index in [1.54, 1.807) is 17.5 Å². The van der Waals surface area contributed by atoms with E-state index in [0.29, 0.717) is 22.3 Å². The van der Waals surface area contributed by atoms with Gasteiger partial charge in [0.2, 0.25) is 5.91 Å². The third kappa shape index (κ3) is 4.34. The van der Waals surface area contributed by atoms with E-state index in [-0.39, 0.29) is 18.1 Å². The molecule has 0 radical (unpaired) electrons. The zero-order chi connectivity index (χ0) is 20.1. The Morgan fingerprint density at radius 3 is 2.57 bits per heavy atom. The first-order valence-corrected chi connectivity index (χ1v) is 9.18. The van der Waals surface area contributed by atoms with Crippen molar-refractivity contribution in [1.82, 2.24) is 4.98 Å². The molecule has 0 spiro atoms. The molecule has 3 aromatic rings. The lowest BCUT2D eigenvalue weighted by Gasteiger charge is -2.17. The molecule has 3 rings (SSSR count). The molecular formula is C20H17FN2O4S. The normalized spacial score (nSPS) is 10.4. The molecule has 0 atom stereocenters. The second-order valence-electron chi connectivity index (χ2n) is 5.73. The van der Waals surface area contributed by atoms with Gasteiger partial charge in [0.1, 0.15) is 18.2 Å². The molecule has 0 bridgehead atoms. The number of methoxy groups -OCH3 is 1. The second-order valence-corrected chi connectivity index (χ2v) is 6.57. The molecule has 8 heteroatoms. The number of aromatic nitrogens is 1. The third-order valence-electron chi connectivity index (χ3n) is 3.81. The zero-order valence-corrected chi connectivity index (χ0v) is 16.0. The third-order valence-corrected chi connectivity index (χ3v) is 4.68. The predicted octanol–water partition coefficient (Wildman–Crippen LogP) is 4.33. The molecular weight excluding hydrogens is 383 g/mol. The topological polar surface area (TPSA) is 68.7 Å². The van der Waals surface area contributed by atoms with Crippen LogP contribution in [-0.2, 0) is 16.1 Å². The van der Waals surface area contributed by atoms with E-state index < -0.39 is 11.8 Å². The lowest BCUT2D eigenvalue weighted by molar-refractivity contribution is -0.115. The fraction of sp³-hybridized carbons (Fsp3) is 0.150. The molecule has 0 saturated carbocycles. The van der Waals surface area contributed by atoms with Gasteiger partial charge < -0.3 is 9.47 Å². The summed E-state index contributed by atoms with van der Waals surface area (Å²) in [6, 6.07) is 13.0. The molecule has 0 saturated heterocycles. The maximum Gasteiger partial charge on any atom is 0.341 e. The molecule has 1 heterocycles. The van der Waals surface area contributed by atoms with Crippen molar-refractivity contribution >= 4 is 34.0 Å². The molecule has 1 amide bonds. The standard InChI is InChI=1S/C20H17FN2O4S/c1-13(24)23(15-6-4-3-5-7-15)20-22-14(12-28-20)11-27-19(25)17-9-8-16(26-2)10-18(17)21/h3-10,12H,11H2,1-2H3. The van der Waals surface area contributed by atoms with Crippen LogP contribution in [0.15, 0.2) is 53.9 Å². The maximum absolute atomic E-state index is 14.0. The van der Waals surface area contributed by atoms with Gasteiger partial charge in [-0.1, -0.05) is 18.2 Å². The van der Waals surface area contributed by atoms with Crippen molar-refractivity contribution in [3.63, 3.8) is 0 Å². The average Bonchev–Trinajstić information content (AvgIpc) is 3.15. The molecule has 0 N–H and O–H groups in total. The molecule has 0 aliphatic carbocycles. The number of halogens is 1. The molecule has 1 aromatic heterocycles. The number of para-hydroxylation sites is 1. The molecule has 144 valence electrons. The molecule has 0 aliphatic rings. The van der Waals surface area contributed by atoms with Crippen molar-refractivity contribution in [3.8, 4) is 5.75 Å². The molecule has 0 unspecified atom stereocenters. The van der Waals surface area contributed by atoms with Crippen LogP contribution < -0.4 is 9.64 Å². The minimum absolute atomic E-state index is 0.138. The SMILES string of the molecule is COc1ccc(C(=O)OCc2csc(N(C(C)=O)c3ccccc3)n2)c(F)c1. The summed E-state index contributed by atoms with van der Waals surface area (Å²) in [7, 11) is 1.41. The molecule has 28 heavy (non-hydrogen) atoms. The lowest BCUT2D eigenvalue weighted by Crippen LogP contribution is -2.22. The van der Waals surface area contributed by atoms with Gasteiger partial charge in [0.05, 0.1) is 24.1 Å². The fourth-order valence-corrected chi connectivity index (χ4v) is 3.35. The monoisotopic (exact) mass is 400 g/mol. The van der Waals surface area contributed by atoms with Crippen LogP contribution in [0.2, 0.25) is 0 Å². The van der Waals surface area contributed by atoms with Crippen molar-refractivity contribution in [2.45, 2.75) is 13.5 Å². The van der Waals surface area contributed by atoms with Gasteiger partial charge in [-0.05, 0) is 24.3 Å². The van der Waals surface area contributed by atoms with Crippen LogP contribution in [0.1, 0.15) is 23.0 Å². The Kier molecular flexibility index (Phi) is 6.00. The molecule has 2 aromatic carbocycles. The van der Waals surface area contributed by atoms with Gasteiger partial charge in [-0.15, -0.1) is 11.3 Å². The maximum atomic E-state index is 14.0. The first-order valence-electron chi connectivity index (χ1n) is 8.30. The van der Waals surface area contributed by atoms with Gasteiger partial charge in [0.15, 0.2) is 5.13 Å². The van der Waals surface area contributed by atoms with Crippen molar-refractivity contribution in [3.05, 3.63) is 71.0 Å². The van der Waals surface area contributed by atoms with Crippen molar-refractivity contribution < 1.29 is 23.5 Å². The lowest BCUT2D eigenvalue weighted by atomic mass is 10.2. The van der Waals surface area contributed by atoms with E-state index in [0.717, 1.165) is 6.07 Å². The van der Waals surface area contributed by atoms with Crippen LogP contribution in [0.25, 0.3) is 0 Å². The van der Waals surface area contributed by atoms with E-state index in [2.05, 4.69) is 4.98 Å². The largest absolute Gasteiger partial charge is 0.497 e. The van der Waals surface area contributed by atoms with Gasteiger partial charge in [0.25, 0.3) is 0 Å². The Labute approximate surface area is 165 Å². The zero-order valence-electron chi connectivity index (χ0n) is 15.2. The number of hydrogen-bond donors (Lipinski definition) is 0. The number of ether oxygens (including phenoxy) is 2. The number of thiazole rings is 1. The Morgan fingerprint density at radius 2 is 1.93 bits per heavy atom. The van der Waals surface area contributed by atoms with Crippen LogP contribution in [0.5, 0.6) is 5.75 Å². The van der Waals surface area contributed by atoms with Crippen LogP contribution in [0, 0.1) is 5.82 Å². The number of rotatable bonds is 6. The number of amides is 1. The van der Waals surface area contributed by atoms with Crippen molar-refractivity contribution in [2.24, 2.45) is 0 Å². The Balaban J connectivity index is 1.71. The minimum Gasteiger partial charge on any atom is -0.497 e. The van der Waals surface area contributed by atoms with Gasteiger partial charge >= 0.3 is 5.97 Å². The average molecular weight is 400 g/mol. The highest BCUT2D eigenvalue weighted by Gasteiger charge is 2.19. The summed E-state index contributed by atoms with van der Waals surface area (Å²) in [6.07, 6.45) is 0. The van der Waals surface area contributed by atoms with Crippen LogP contribution in [0.3, 0.4) is 0 Å². The highest BCUT2D eigenvalue weighted by molar-refractivity contribution is 7.14. The number of esters is 1. The number of carbonyl (C=O) groups excluding carboxylic acids is 2. The van der Waals surface area contributed by atoms with E-state index in [1.165, 1.54) is 42.4 Å². The predicted molar refractivity (Wildman–Crippen MR) is 103 cm³/mol. The van der Waals surface area contributed by atoms with E-state index >= 15 is 0 Å². The quantitative estimate of drug-likeness (QED) is 0.576. The van der Waals surface area contributed by atoms with Crippen LogP contribution >= 0.6 is 11.3 Å². The van der Waals surface area contributed by atoms with Crippen LogP contribution in [0.4, 0.5) is 15.2 Å². The summed E-state index contributed by atoms with van der Waals surface area (Å²) < 4.78 is 24.0.